The van der Waals surface area contributed by atoms with Crippen LogP contribution in [-0.4, -0.2) is 34.8 Å². The Morgan fingerprint density at radius 3 is 2.95 bits per heavy atom. The van der Waals surface area contributed by atoms with Crippen LogP contribution < -0.4 is 5.32 Å². The first-order valence-electron chi connectivity index (χ1n) is 8.21. The number of likely N-dealkylation sites (tertiary alicyclic amines) is 1. The molecule has 1 saturated heterocycles. The number of hydrogen-bond donors (Lipinski definition) is 1. The minimum atomic E-state index is -0.108. The lowest BCUT2D eigenvalue weighted by Crippen LogP contribution is -2.43. The monoisotopic (exact) mass is 321 g/mol. The fourth-order valence-corrected chi connectivity index (χ4v) is 3.70. The number of nitrogens with zero attached hydrogens (tertiary/aromatic N) is 2. The van der Waals surface area contributed by atoms with E-state index < -0.39 is 0 Å². The van der Waals surface area contributed by atoms with Gasteiger partial charge in [0.1, 0.15) is 0 Å². The van der Waals surface area contributed by atoms with E-state index in [1.54, 1.807) is 0 Å². The molecule has 6 heteroatoms. The van der Waals surface area contributed by atoms with Gasteiger partial charge in [-0.25, -0.2) is 4.98 Å². The van der Waals surface area contributed by atoms with Crippen molar-refractivity contribution in [2.45, 2.75) is 51.4 Å². The lowest BCUT2D eigenvalue weighted by atomic mass is 9.97. The van der Waals surface area contributed by atoms with Crippen molar-refractivity contribution < 1.29 is 9.59 Å². The molecular formula is C16H23N3O2S. The molecular weight excluding hydrogens is 298 g/mol. The summed E-state index contributed by atoms with van der Waals surface area (Å²) < 4.78 is 0. The average Bonchev–Trinajstić information content (AvgIpc) is 3.28. The normalized spacial score (nSPS) is 21.7. The van der Waals surface area contributed by atoms with Gasteiger partial charge in [0.15, 0.2) is 5.13 Å². The molecule has 1 aromatic heterocycles. The first-order valence-corrected chi connectivity index (χ1v) is 9.09. The molecule has 1 aliphatic heterocycles. The highest BCUT2D eigenvalue weighted by molar-refractivity contribution is 7.13. The molecule has 0 unspecified atom stereocenters. The van der Waals surface area contributed by atoms with E-state index in [0.717, 1.165) is 31.5 Å². The van der Waals surface area contributed by atoms with Crippen LogP contribution in [0.4, 0.5) is 5.13 Å². The van der Waals surface area contributed by atoms with Crippen LogP contribution in [-0.2, 0) is 9.59 Å². The zero-order valence-corrected chi connectivity index (χ0v) is 13.8. The number of piperidine rings is 1. The Labute approximate surface area is 135 Å². The first kappa shape index (κ1) is 15.5. The second kappa shape index (κ2) is 6.77. The van der Waals surface area contributed by atoms with Gasteiger partial charge in [-0.3, -0.25) is 9.59 Å². The highest BCUT2D eigenvalue weighted by Crippen LogP contribution is 2.40. The van der Waals surface area contributed by atoms with E-state index in [4.69, 9.17) is 0 Å². The topological polar surface area (TPSA) is 62.3 Å². The Balaban J connectivity index is 1.55. The third-order valence-electron chi connectivity index (χ3n) is 4.36. The number of aromatic nitrogens is 1. The summed E-state index contributed by atoms with van der Waals surface area (Å²) in [6.45, 7) is 3.34. The third kappa shape index (κ3) is 3.66. The molecule has 1 atom stereocenters. The molecule has 0 aromatic carbocycles. The smallest absolute Gasteiger partial charge is 0.231 e. The van der Waals surface area contributed by atoms with E-state index >= 15 is 0 Å². The molecule has 0 spiro atoms. The summed E-state index contributed by atoms with van der Waals surface area (Å²) in [6, 6.07) is 0. The highest BCUT2D eigenvalue weighted by atomic mass is 32.1. The third-order valence-corrected chi connectivity index (χ3v) is 5.13. The van der Waals surface area contributed by atoms with Gasteiger partial charge in [0.25, 0.3) is 0 Å². The Bertz CT molecular complexity index is 553. The van der Waals surface area contributed by atoms with Gasteiger partial charge >= 0.3 is 0 Å². The number of amides is 2. The van der Waals surface area contributed by atoms with Gasteiger partial charge in [-0.15, -0.1) is 11.3 Å². The van der Waals surface area contributed by atoms with Crippen LogP contribution in [0, 0.1) is 5.92 Å². The number of nitrogens with one attached hydrogen (secondary N) is 1. The molecule has 2 heterocycles. The molecule has 1 aliphatic carbocycles. The van der Waals surface area contributed by atoms with E-state index in [9.17, 15) is 9.59 Å². The summed E-state index contributed by atoms with van der Waals surface area (Å²) in [5.74, 6) is 0.678. The molecule has 22 heavy (non-hydrogen) atoms. The predicted octanol–water partition coefficient (Wildman–Crippen LogP) is 3.00. The zero-order chi connectivity index (χ0) is 15.5. The summed E-state index contributed by atoms with van der Waals surface area (Å²) in [5, 5.41) is 5.68. The average molecular weight is 321 g/mol. The number of carbonyl (C=O) groups excluding carboxylic acids is 2. The van der Waals surface area contributed by atoms with Gasteiger partial charge in [-0.1, -0.05) is 6.92 Å². The maximum atomic E-state index is 12.4. The molecule has 2 fully saturated rings. The fraction of sp³-hybridized carbons (Fsp3) is 0.688. The van der Waals surface area contributed by atoms with Crippen LogP contribution in [0.15, 0.2) is 5.38 Å². The lowest BCUT2D eigenvalue weighted by Gasteiger charge is -2.31. The molecule has 120 valence electrons. The van der Waals surface area contributed by atoms with Crippen molar-refractivity contribution >= 4 is 28.3 Å². The molecule has 1 saturated carbocycles. The summed E-state index contributed by atoms with van der Waals surface area (Å²) in [4.78, 5) is 30.7. The maximum absolute atomic E-state index is 12.4. The van der Waals surface area contributed by atoms with Crippen molar-refractivity contribution in [3.8, 4) is 0 Å². The van der Waals surface area contributed by atoms with Gasteiger partial charge in [0.05, 0.1) is 11.6 Å². The van der Waals surface area contributed by atoms with Crippen LogP contribution in [0.5, 0.6) is 0 Å². The van der Waals surface area contributed by atoms with Crippen LogP contribution in [0.1, 0.15) is 57.1 Å². The van der Waals surface area contributed by atoms with Crippen molar-refractivity contribution in [2.24, 2.45) is 5.92 Å². The second-order valence-corrected chi connectivity index (χ2v) is 7.13. The minimum absolute atomic E-state index is 0.00527. The second-order valence-electron chi connectivity index (χ2n) is 6.27. The maximum Gasteiger partial charge on any atom is 0.231 e. The van der Waals surface area contributed by atoms with E-state index in [0.29, 0.717) is 24.0 Å². The number of hydrogen-bond acceptors (Lipinski definition) is 4. The van der Waals surface area contributed by atoms with Crippen molar-refractivity contribution in [1.29, 1.82) is 0 Å². The molecule has 2 amide bonds. The summed E-state index contributed by atoms with van der Waals surface area (Å²) in [5.41, 5.74) is 1.11. The van der Waals surface area contributed by atoms with Crippen LogP contribution in [0.2, 0.25) is 0 Å². The van der Waals surface area contributed by atoms with Crippen LogP contribution >= 0.6 is 11.3 Å². The van der Waals surface area contributed by atoms with E-state index in [2.05, 4.69) is 10.3 Å². The number of thiazole rings is 1. The molecule has 5 nitrogen and oxygen atoms in total. The number of rotatable bonds is 5. The summed E-state index contributed by atoms with van der Waals surface area (Å²) in [6.07, 6.45) is 5.62. The largest absolute Gasteiger partial charge is 0.342 e. The zero-order valence-electron chi connectivity index (χ0n) is 13.0. The Kier molecular flexibility index (Phi) is 4.76. The van der Waals surface area contributed by atoms with Crippen molar-refractivity contribution in [3.63, 3.8) is 0 Å². The van der Waals surface area contributed by atoms with Gasteiger partial charge in [-0.2, -0.15) is 0 Å². The summed E-state index contributed by atoms with van der Waals surface area (Å²) >= 11 is 1.50. The van der Waals surface area contributed by atoms with Crippen LogP contribution in [0.3, 0.4) is 0 Å². The molecule has 0 bridgehead atoms. The minimum Gasteiger partial charge on any atom is -0.342 e. The Morgan fingerprint density at radius 1 is 1.41 bits per heavy atom. The van der Waals surface area contributed by atoms with Crippen molar-refractivity contribution in [2.75, 3.05) is 18.4 Å². The lowest BCUT2D eigenvalue weighted by molar-refractivity contribution is -0.134. The number of carbonyl (C=O) groups is 2. The van der Waals surface area contributed by atoms with E-state index in [1.807, 2.05) is 17.2 Å². The van der Waals surface area contributed by atoms with Gasteiger partial charge in [0, 0.05) is 30.8 Å². The van der Waals surface area contributed by atoms with Crippen LogP contribution in [0.25, 0.3) is 0 Å². The molecule has 0 radical (unpaired) electrons. The fourth-order valence-electron chi connectivity index (χ4n) is 2.91. The van der Waals surface area contributed by atoms with E-state index in [1.165, 1.54) is 24.2 Å². The Hall–Kier alpha value is -1.43. The SMILES string of the molecule is CCCC(=O)N1CCC[C@H](C(=O)Nc2nc(C3CC3)cs2)C1. The van der Waals surface area contributed by atoms with Gasteiger partial charge in [0.2, 0.25) is 11.8 Å². The van der Waals surface area contributed by atoms with E-state index in [-0.39, 0.29) is 17.7 Å². The molecule has 3 rings (SSSR count). The first-order chi connectivity index (χ1) is 10.7. The highest BCUT2D eigenvalue weighted by Gasteiger charge is 2.29. The van der Waals surface area contributed by atoms with Crippen molar-refractivity contribution in [3.05, 3.63) is 11.1 Å². The van der Waals surface area contributed by atoms with Gasteiger partial charge < -0.3 is 10.2 Å². The quantitative estimate of drug-likeness (QED) is 0.907. The molecule has 1 N–H and O–H groups in total. The van der Waals surface area contributed by atoms with Crippen molar-refractivity contribution in [1.82, 2.24) is 9.88 Å². The summed E-state index contributed by atoms with van der Waals surface area (Å²) in [7, 11) is 0. The standard InChI is InChI=1S/C16H23N3O2S/c1-2-4-14(20)19-8-3-5-12(9-19)15(21)18-16-17-13(10-22-16)11-6-7-11/h10-12H,2-9H2,1H3,(H,17,18,21)/t12-/m0/s1. The predicted molar refractivity (Wildman–Crippen MR) is 86.9 cm³/mol. The molecule has 1 aromatic rings. The van der Waals surface area contributed by atoms with Gasteiger partial charge in [-0.05, 0) is 32.1 Å². The Morgan fingerprint density at radius 2 is 2.23 bits per heavy atom. The molecule has 2 aliphatic rings. The number of anilines is 1.